The SMILES string of the molecule is CCCCNc1cc(Cc2ccc(CN(C)C)cc2)c(C)nc1N. The maximum absolute atomic E-state index is 6.05. The van der Waals surface area contributed by atoms with Crippen LogP contribution in [-0.2, 0) is 13.0 Å². The van der Waals surface area contributed by atoms with Crippen molar-refractivity contribution in [2.75, 3.05) is 31.7 Å². The Morgan fingerprint density at radius 2 is 1.79 bits per heavy atom. The van der Waals surface area contributed by atoms with E-state index in [1.54, 1.807) is 0 Å². The van der Waals surface area contributed by atoms with Crippen molar-refractivity contribution in [3.63, 3.8) is 0 Å². The minimum Gasteiger partial charge on any atom is -0.382 e. The fourth-order valence-electron chi connectivity index (χ4n) is 2.73. The van der Waals surface area contributed by atoms with Crippen LogP contribution in [-0.4, -0.2) is 30.5 Å². The normalized spacial score (nSPS) is 11.0. The second kappa shape index (κ2) is 8.69. The third-order valence-electron chi connectivity index (χ3n) is 4.11. The molecule has 0 bridgehead atoms. The molecule has 4 nitrogen and oxygen atoms in total. The molecule has 2 rings (SSSR count). The van der Waals surface area contributed by atoms with Crippen LogP contribution in [0.15, 0.2) is 30.3 Å². The van der Waals surface area contributed by atoms with Crippen molar-refractivity contribution >= 4 is 11.5 Å². The molecular weight excluding hydrogens is 296 g/mol. The highest BCUT2D eigenvalue weighted by atomic mass is 15.0. The number of nitrogens with zero attached hydrogens (tertiary/aromatic N) is 2. The minimum absolute atomic E-state index is 0.591. The lowest BCUT2D eigenvalue weighted by Crippen LogP contribution is -2.10. The van der Waals surface area contributed by atoms with E-state index in [2.05, 4.69) is 66.6 Å². The smallest absolute Gasteiger partial charge is 0.147 e. The van der Waals surface area contributed by atoms with E-state index in [4.69, 9.17) is 5.73 Å². The Morgan fingerprint density at radius 1 is 1.12 bits per heavy atom. The van der Waals surface area contributed by atoms with Gasteiger partial charge in [-0.15, -0.1) is 0 Å². The van der Waals surface area contributed by atoms with Crippen molar-refractivity contribution in [3.8, 4) is 0 Å². The summed E-state index contributed by atoms with van der Waals surface area (Å²) in [5.41, 5.74) is 11.9. The van der Waals surface area contributed by atoms with Crippen molar-refractivity contribution in [2.24, 2.45) is 0 Å². The quantitative estimate of drug-likeness (QED) is 0.724. The van der Waals surface area contributed by atoms with Gasteiger partial charge in [-0.2, -0.15) is 0 Å². The van der Waals surface area contributed by atoms with E-state index in [1.807, 2.05) is 6.92 Å². The van der Waals surface area contributed by atoms with Gasteiger partial charge in [0.2, 0.25) is 0 Å². The Labute approximate surface area is 146 Å². The van der Waals surface area contributed by atoms with Crippen LogP contribution in [0.5, 0.6) is 0 Å². The molecule has 2 aromatic rings. The van der Waals surface area contributed by atoms with Gasteiger partial charge in [0.25, 0.3) is 0 Å². The molecule has 0 amide bonds. The summed E-state index contributed by atoms with van der Waals surface area (Å²) < 4.78 is 0. The third kappa shape index (κ3) is 5.24. The minimum atomic E-state index is 0.591. The molecule has 0 saturated heterocycles. The summed E-state index contributed by atoms with van der Waals surface area (Å²) in [6.07, 6.45) is 3.18. The standard InChI is InChI=1S/C20H30N4/c1-5-6-11-22-19-13-18(15(2)23-20(19)21)12-16-7-9-17(10-8-16)14-24(3)4/h7-10,13,22H,5-6,11-12,14H2,1-4H3,(H2,21,23). The van der Waals surface area contributed by atoms with Crippen LogP contribution in [0.2, 0.25) is 0 Å². The lowest BCUT2D eigenvalue weighted by Gasteiger charge is -2.14. The highest BCUT2D eigenvalue weighted by molar-refractivity contribution is 5.63. The number of aryl methyl sites for hydroxylation is 1. The van der Waals surface area contributed by atoms with Crippen molar-refractivity contribution < 1.29 is 0 Å². The van der Waals surface area contributed by atoms with Gasteiger partial charge in [-0.1, -0.05) is 37.6 Å². The lowest BCUT2D eigenvalue weighted by molar-refractivity contribution is 0.402. The van der Waals surface area contributed by atoms with Gasteiger partial charge in [0.15, 0.2) is 0 Å². The van der Waals surface area contributed by atoms with E-state index >= 15 is 0 Å². The molecule has 3 N–H and O–H groups in total. The molecule has 0 saturated carbocycles. The molecule has 0 aliphatic carbocycles. The second-order valence-corrected chi connectivity index (χ2v) is 6.68. The van der Waals surface area contributed by atoms with Crippen molar-refractivity contribution in [1.82, 2.24) is 9.88 Å². The Balaban J connectivity index is 2.12. The number of unbranched alkanes of at least 4 members (excludes halogenated alkanes) is 1. The van der Waals surface area contributed by atoms with Crippen LogP contribution >= 0.6 is 0 Å². The zero-order chi connectivity index (χ0) is 17.5. The summed E-state index contributed by atoms with van der Waals surface area (Å²) in [5, 5.41) is 3.40. The summed E-state index contributed by atoms with van der Waals surface area (Å²) in [5.74, 6) is 0.591. The zero-order valence-corrected chi connectivity index (χ0v) is 15.4. The summed E-state index contributed by atoms with van der Waals surface area (Å²) in [6, 6.07) is 11.0. The second-order valence-electron chi connectivity index (χ2n) is 6.68. The zero-order valence-electron chi connectivity index (χ0n) is 15.4. The summed E-state index contributed by atoms with van der Waals surface area (Å²) >= 11 is 0. The van der Waals surface area contributed by atoms with Crippen LogP contribution in [0.4, 0.5) is 11.5 Å². The number of hydrogen-bond donors (Lipinski definition) is 2. The monoisotopic (exact) mass is 326 g/mol. The summed E-state index contributed by atoms with van der Waals surface area (Å²) in [4.78, 5) is 6.69. The van der Waals surface area contributed by atoms with E-state index < -0.39 is 0 Å². The predicted molar refractivity (Wildman–Crippen MR) is 103 cm³/mol. The van der Waals surface area contributed by atoms with E-state index in [1.165, 1.54) is 23.1 Å². The molecule has 1 aromatic carbocycles. The number of hydrogen-bond acceptors (Lipinski definition) is 4. The molecular formula is C20H30N4. The first-order valence-corrected chi connectivity index (χ1v) is 8.72. The number of anilines is 2. The molecule has 4 heteroatoms. The number of pyridine rings is 1. The fourth-order valence-corrected chi connectivity index (χ4v) is 2.73. The van der Waals surface area contributed by atoms with Crippen LogP contribution in [0.1, 0.15) is 42.1 Å². The maximum atomic E-state index is 6.05. The molecule has 130 valence electrons. The van der Waals surface area contributed by atoms with Crippen LogP contribution in [0.25, 0.3) is 0 Å². The van der Waals surface area contributed by atoms with Gasteiger partial charge in [0.05, 0.1) is 5.69 Å². The van der Waals surface area contributed by atoms with Gasteiger partial charge in [-0.3, -0.25) is 0 Å². The van der Waals surface area contributed by atoms with Gasteiger partial charge in [0, 0.05) is 18.8 Å². The van der Waals surface area contributed by atoms with Gasteiger partial charge in [-0.25, -0.2) is 4.98 Å². The van der Waals surface area contributed by atoms with E-state index in [9.17, 15) is 0 Å². The third-order valence-corrected chi connectivity index (χ3v) is 4.11. The average Bonchev–Trinajstić information content (AvgIpc) is 2.53. The van der Waals surface area contributed by atoms with Crippen molar-refractivity contribution in [1.29, 1.82) is 0 Å². The van der Waals surface area contributed by atoms with Crippen LogP contribution in [0, 0.1) is 6.92 Å². The first-order chi connectivity index (χ1) is 11.5. The van der Waals surface area contributed by atoms with Crippen LogP contribution in [0.3, 0.4) is 0 Å². The first kappa shape index (κ1) is 18.3. The molecule has 1 aromatic heterocycles. The van der Waals surface area contributed by atoms with E-state index in [0.29, 0.717) is 5.82 Å². The Morgan fingerprint density at radius 3 is 2.42 bits per heavy atom. The molecule has 0 fully saturated rings. The number of nitrogens with one attached hydrogen (secondary N) is 1. The topological polar surface area (TPSA) is 54.2 Å². The summed E-state index contributed by atoms with van der Waals surface area (Å²) in [6.45, 7) is 6.12. The van der Waals surface area contributed by atoms with E-state index in [0.717, 1.165) is 37.3 Å². The molecule has 0 spiro atoms. The molecule has 0 unspecified atom stereocenters. The fraction of sp³-hybridized carbons (Fsp3) is 0.450. The first-order valence-electron chi connectivity index (χ1n) is 8.72. The van der Waals surface area contributed by atoms with Gasteiger partial charge in [0.1, 0.15) is 5.82 Å². The predicted octanol–water partition coefficient (Wildman–Crippen LogP) is 3.84. The molecule has 0 aliphatic heterocycles. The molecule has 0 atom stereocenters. The Bertz CT molecular complexity index is 647. The number of nitrogen functional groups attached to an aromatic ring is 1. The highest BCUT2D eigenvalue weighted by Crippen LogP contribution is 2.22. The molecule has 0 aliphatic rings. The number of benzene rings is 1. The molecule has 24 heavy (non-hydrogen) atoms. The van der Waals surface area contributed by atoms with Crippen molar-refractivity contribution in [2.45, 2.75) is 39.7 Å². The Hall–Kier alpha value is -2.07. The molecule has 1 heterocycles. The lowest BCUT2D eigenvalue weighted by atomic mass is 10.0. The van der Waals surface area contributed by atoms with Crippen LogP contribution < -0.4 is 11.1 Å². The number of rotatable bonds is 8. The highest BCUT2D eigenvalue weighted by Gasteiger charge is 2.08. The largest absolute Gasteiger partial charge is 0.382 e. The summed E-state index contributed by atoms with van der Waals surface area (Å²) in [7, 11) is 4.18. The average molecular weight is 326 g/mol. The number of aromatic nitrogens is 1. The van der Waals surface area contributed by atoms with Crippen molar-refractivity contribution in [3.05, 3.63) is 52.7 Å². The Kier molecular flexibility index (Phi) is 6.62. The van der Waals surface area contributed by atoms with E-state index in [-0.39, 0.29) is 0 Å². The van der Waals surface area contributed by atoms with Gasteiger partial charge < -0.3 is 16.0 Å². The number of nitrogens with two attached hydrogens (primary N) is 1. The van der Waals surface area contributed by atoms with Gasteiger partial charge in [-0.05, 0) is 56.6 Å². The van der Waals surface area contributed by atoms with Gasteiger partial charge >= 0.3 is 0 Å². The molecule has 0 radical (unpaired) electrons. The maximum Gasteiger partial charge on any atom is 0.147 e.